The zero-order valence-electron chi connectivity index (χ0n) is 13.5. The highest BCUT2D eigenvalue weighted by atomic mass is 32.1. The van der Waals surface area contributed by atoms with Crippen molar-refractivity contribution in [3.05, 3.63) is 22.4 Å². The molecule has 1 fully saturated rings. The van der Waals surface area contributed by atoms with Crippen LogP contribution in [0.3, 0.4) is 0 Å². The molecule has 1 aliphatic rings. The first-order chi connectivity index (χ1) is 10.5. The molecule has 0 aromatic carbocycles. The smallest absolute Gasteiger partial charge is 0.234 e. The molecule has 124 valence electrons. The first-order valence-electron chi connectivity index (χ1n) is 7.97. The van der Waals surface area contributed by atoms with Crippen molar-refractivity contribution in [2.24, 2.45) is 0 Å². The van der Waals surface area contributed by atoms with Gasteiger partial charge in [0, 0.05) is 38.8 Å². The molecule has 6 heteroatoms. The third-order valence-corrected chi connectivity index (χ3v) is 4.76. The predicted octanol–water partition coefficient (Wildman–Crippen LogP) is 0.794. The predicted molar refractivity (Wildman–Crippen MR) is 90.2 cm³/mol. The zero-order chi connectivity index (χ0) is 15.9. The van der Waals surface area contributed by atoms with Gasteiger partial charge in [0.25, 0.3) is 0 Å². The number of thiophene rings is 1. The van der Waals surface area contributed by atoms with Crippen molar-refractivity contribution in [3.63, 3.8) is 0 Å². The maximum atomic E-state index is 12.0. The van der Waals surface area contributed by atoms with Gasteiger partial charge in [-0.25, -0.2) is 0 Å². The van der Waals surface area contributed by atoms with E-state index >= 15 is 0 Å². The second kappa shape index (κ2) is 8.62. The van der Waals surface area contributed by atoms with Crippen molar-refractivity contribution >= 4 is 17.2 Å². The van der Waals surface area contributed by atoms with E-state index in [-0.39, 0.29) is 12.0 Å². The van der Waals surface area contributed by atoms with Gasteiger partial charge in [0.05, 0.1) is 12.6 Å². The molecule has 1 aromatic rings. The fourth-order valence-electron chi connectivity index (χ4n) is 2.87. The van der Waals surface area contributed by atoms with E-state index in [0.29, 0.717) is 25.7 Å². The van der Waals surface area contributed by atoms with Crippen LogP contribution in [0, 0.1) is 0 Å². The summed E-state index contributed by atoms with van der Waals surface area (Å²) in [6.45, 7) is 8.53. The van der Waals surface area contributed by atoms with Crippen molar-refractivity contribution in [2.45, 2.75) is 32.4 Å². The molecule has 1 aromatic heterocycles. The highest BCUT2D eigenvalue weighted by Crippen LogP contribution is 2.10. The number of carbonyl (C=O) groups is 1. The monoisotopic (exact) mass is 325 g/mol. The molecule has 5 nitrogen and oxygen atoms in total. The molecule has 0 aliphatic carbocycles. The van der Waals surface area contributed by atoms with E-state index in [9.17, 15) is 9.90 Å². The Kier molecular flexibility index (Phi) is 6.82. The normalized spacial score (nSPS) is 21.7. The molecule has 0 bridgehead atoms. The zero-order valence-corrected chi connectivity index (χ0v) is 14.3. The topological polar surface area (TPSA) is 55.8 Å². The average molecular weight is 325 g/mol. The summed E-state index contributed by atoms with van der Waals surface area (Å²) in [5.74, 6) is 0.103. The molecule has 22 heavy (non-hydrogen) atoms. The molecule has 1 aliphatic heterocycles. The number of rotatable bonds is 7. The van der Waals surface area contributed by atoms with Gasteiger partial charge in [-0.05, 0) is 42.7 Å². The molecule has 2 N–H and O–H groups in total. The summed E-state index contributed by atoms with van der Waals surface area (Å²) in [5.41, 5.74) is 1.28. The van der Waals surface area contributed by atoms with Crippen LogP contribution in [-0.4, -0.2) is 72.2 Å². The Bertz CT molecular complexity index is 450. The Labute approximate surface area is 136 Å². The van der Waals surface area contributed by atoms with Crippen molar-refractivity contribution in [1.82, 2.24) is 15.1 Å². The lowest BCUT2D eigenvalue weighted by atomic mass is 10.1. The van der Waals surface area contributed by atoms with E-state index in [4.69, 9.17) is 0 Å². The first kappa shape index (κ1) is 17.4. The molecule has 0 spiro atoms. The molecule has 2 heterocycles. The van der Waals surface area contributed by atoms with E-state index in [1.54, 1.807) is 11.3 Å². The van der Waals surface area contributed by atoms with Crippen LogP contribution >= 0.6 is 11.3 Å². The highest BCUT2D eigenvalue weighted by Gasteiger charge is 2.25. The van der Waals surface area contributed by atoms with Gasteiger partial charge in [0.2, 0.25) is 5.91 Å². The van der Waals surface area contributed by atoms with E-state index in [0.717, 1.165) is 26.1 Å². The van der Waals surface area contributed by atoms with Crippen LogP contribution < -0.4 is 5.32 Å². The van der Waals surface area contributed by atoms with Crippen molar-refractivity contribution < 1.29 is 9.90 Å². The van der Waals surface area contributed by atoms with E-state index in [1.165, 1.54) is 5.56 Å². The number of aliphatic hydroxyl groups is 1. The Balaban J connectivity index is 1.65. The highest BCUT2D eigenvalue weighted by molar-refractivity contribution is 7.07. The second-order valence-corrected chi connectivity index (χ2v) is 6.94. The van der Waals surface area contributed by atoms with Crippen LogP contribution in [0.15, 0.2) is 16.8 Å². The van der Waals surface area contributed by atoms with Gasteiger partial charge >= 0.3 is 0 Å². The van der Waals surface area contributed by atoms with E-state index < -0.39 is 0 Å². The molecule has 2 atom stereocenters. The van der Waals surface area contributed by atoms with Crippen LogP contribution in [0.25, 0.3) is 0 Å². The molecular weight excluding hydrogens is 298 g/mol. The Morgan fingerprint density at radius 1 is 1.55 bits per heavy atom. The summed E-state index contributed by atoms with van der Waals surface area (Å²) < 4.78 is 0. The van der Waals surface area contributed by atoms with Gasteiger partial charge in [-0.1, -0.05) is 0 Å². The van der Waals surface area contributed by atoms with Gasteiger partial charge in [0.1, 0.15) is 0 Å². The largest absolute Gasteiger partial charge is 0.392 e. The number of piperazine rings is 1. The van der Waals surface area contributed by atoms with Crippen molar-refractivity contribution in [3.8, 4) is 0 Å². The maximum Gasteiger partial charge on any atom is 0.234 e. The minimum atomic E-state index is -0.297. The summed E-state index contributed by atoms with van der Waals surface area (Å²) in [6.07, 6.45) is 0.600. The Morgan fingerprint density at radius 3 is 3.00 bits per heavy atom. The van der Waals surface area contributed by atoms with Crippen LogP contribution in [0.1, 0.15) is 19.4 Å². The number of carbonyl (C=O) groups excluding carboxylic acids is 1. The third-order valence-electron chi connectivity index (χ3n) is 4.03. The molecule has 0 radical (unpaired) electrons. The number of nitrogens with one attached hydrogen (secondary N) is 1. The van der Waals surface area contributed by atoms with Crippen LogP contribution in [-0.2, 0) is 11.2 Å². The fraction of sp³-hybridized carbons (Fsp3) is 0.688. The number of β-amino-alcohol motifs (C(OH)–C–C–N with tert-alkyl or cyclic N) is 1. The molecule has 1 amide bonds. The van der Waals surface area contributed by atoms with Crippen LogP contribution in [0.2, 0.25) is 0 Å². The molecule has 0 unspecified atom stereocenters. The molecule has 2 rings (SSSR count). The lowest BCUT2D eigenvalue weighted by molar-refractivity contribution is -0.123. The number of nitrogens with zero attached hydrogens (tertiary/aromatic N) is 2. The third kappa shape index (κ3) is 5.68. The summed E-state index contributed by atoms with van der Waals surface area (Å²) in [6, 6.07) is 2.47. The van der Waals surface area contributed by atoms with E-state index in [2.05, 4.69) is 38.9 Å². The Morgan fingerprint density at radius 2 is 2.36 bits per heavy atom. The van der Waals surface area contributed by atoms with Crippen LogP contribution in [0.4, 0.5) is 0 Å². The summed E-state index contributed by atoms with van der Waals surface area (Å²) in [7, 11) is 0. The lowest BCUT2D eigenvalue weighted by Crippen LogP contribution is -2.55. The van der Waals surface area contributed by atoms with Gasteiger partial charge in [-0.15, -0.1) is 0 Å². The summed E-state index contributed by atoms with van der Waals surface area (Å²) >= 11 is 1.69. The lowest BCUT2D eigenvalue weighted by Gasteiger charge is -2.40. The molecular formula is C16H27N3O2S. The maximum absolute atomic E-state index is 12.0. The van der Waals surface area contributed by atoms with Gasteiger partial charge in [0.15, 0.2) is 0 Å². The fourth-order valence-corrected chi connectivity index (χ4v) is 3.57. The Hall–Kier alpha value is -0.950. The SMILES string of the molecule is C[C@@H]1CN(CC(=O)NCCc2ccsc2)CCN1C[C@@H](C)O. The van der Waals surface area contributed by atoms with Crippen LogP contribution in [0.5, 0.6) is 0 Å². The van der Waals surface area contributed by atoms with Gasteiger partial charge in [-0.3, -0.25) is 14.6 Å². The minimum Gasteiger partial charge on any atom is -0.392 e. The number of amides is 1. The second-order valence-electron chi connectivity index (χ2n) is 6.16. The number of aliphatic hydroxyl groups excluding tert-OH is 1. The molecule has 0 saturated carbocycles. The number of hydrogen-bond acceptors (Lipinski definition) is 5. The molecule has 1 saturated heterocycles. The number of hydrogen-bond donors (Lipinski definition) is 2. The standard InChI is InChI=1S/C16H27N3O2S/c1-13-9-18(6-7-19(13)10-14(2)20)11-16(21)17-5-3-15-4-8-22-12-15/h4,8,12-14,20H,3,5-7,9-11H2,1-2H3,(H,17,21)/t13-,14-/m1/s1. The van der Waals surface area contributed by atoms with Crippen molar-refractivity contribution in [2.75, 3.05) is 39.3 Å². The average Bonchev–Trinajstić information content (AvgIpc) is 2.95. The summed E-state index contributed by atoms with van der Waals surface area (Å²) in [4.78, 5) is 16.5. The summed E-state index contributed by atoms with van der Waals surface area (Å²) in [5, 5.41) is 16.7. The van der Waals surface area contributed by atoms with Crippen molar-refractivity contribution in [1.29, 1.82) is 0 Å². The van der Waals surface area contributed by atoms with Gasteiger partial charge in [-0.2, -0.15) is 11.3 Å². The first-order valence-corrected chi connectivity index (χ1v) is 8.91. The van der Waals surface area contributed by atoms with E-state index in [1.807, 2.05) is 6.92 Å². The van der Waals surface area contributed by atoms with Gasteiger partial charge < -0.3 is 10.4 Å². The minimum absolute atomic E-state index is 0.103. The quantitative estimate of drug-likeness (QED) is 0.778.